The summed E-state index contributed by atoms with van der Waals surface area (Å²) in [6.45, 7) is -2.95. The van der Waals surface area contributed by atoms with E-state index in [1.54, 1.807) is 0 Å². The van der Waals surface area contributed by atoms with E-state index < -0.39 is 37.7 Å². The molecular formula is C8H13NO7. The minimum atomic E-state index is -1.08. The first-order chi connectivity index (χ1) is 7.62. The Labute approximate surface area is 90.9 Å². The van der Waals surface area contributed by atoms with Crippen molar-refractivity contribution in [2.24, 2.45) is 5.73 Å². The van der Waals surface area contributed by atoms with Gasteiger partial charge in [-0.25, -0.2) is 9.59 Å². The molecule has 0 heterocycles. The quantitative estimate of drug-likeness (QED) is 0.220. The van der Waals surface area contributed by atoms with Crippen LogP contribution < -0.4 is 5.73 Å². The van der Waals surface area contributed by atoms with E-state index in [1.165, 1.54) is 0 Å². The van der Waals surface area contributed by atoms with Crippen molar-refractivity contribution < 1.29 is 34.4 Å². The Morgan fingerprint density at radius 3 is 1.69 bits per heavy atom. The van der Waals surface area contributed by atoms with Gasteiger partial charge in [0.1, 0.15) is 0 Å². The SMILES string of the molecule is NCC(C(=O)OCO)=C(CO)C(=O)OCO. The highest BCUT2D eigenvalue weighted by molar-refractivity contribution is 6.00. The summed E-state index contributed by atoms with van der Waals surface area (Å²) < 4.78 is 8.38. The number of carbonyl (C=O) groups excluding carboxylic acids is 2. The summed E-state index contributed by atoms with van der Waals surface area (Å²) in [5, 5.41) is 25.6. The van der Waals surface area contributed by atoms with Crippen LogP contribution >= 0.6 is 0 Å². The predicted molar refractivity (Wildman–Crippen MR) is 49.5 cm³/mol. The smallest absolute Gasteiger partial charge is 0.339 e. The van der Waals surface area contributed by atoms with E-state index in [0.717, 1.165) is 0 Å². The molecule has 0 amide bonds. The van der Waals surface area contributed by atoms with Crippen molar-refractivity contribution in [3.8, 4) is 0 Å². The Hall–Kier alpha value is -1.48. The number of hydrogen-bond donors (Lipinski definition) is 4. The molecule has 0 atom stereocenters. The topological polar surface area (TPSA) is 139 Å². The highest BCUT2D eigenvalue weighted by Crippen LogP contribution is 2.07. The van der Waals surface area contributed by atoms with Crippen molar-refractivity contribution in [2.75, 3.05) is 26.7 Å². The van der Waals surface area contributed by atoms with Crippen LogP contribution in [0, 0.1) is 0 Å². The summed E-state index contributed by atoms with van der Waals surface area (Å²) in [5.74, 6) is -2.12. The summed E-state index contributed by atoms with van der Waals surface area (Å²) in [4.78, 5) is 22.3. The van der Waals surface area contributed by atoms with Gasteiger partial charge in [0, 0.05) is 6.54 Å². The van der Waals surface area contributed by atoms with Crippen molar-refractivity contribution >= 4 is 11.9 Å². The van der Waals surface area contributed by atoms with Crippen LogP contribution in [-0.4, -0.2) is 54.0 Å². The van der Waals surface area contributed by atoms with Crippen LogP contribution in [0.1, 0.15) is 0 Å². The zero-order valence-corrected chi connectivity index (χ0v) is 8.38. The summed E-state index contributed by atoms with van der Waals surface area (Å²) in [6, 6.07) is 0. The maximum absolute atomic E-state index is 11.2. The molecule has 8 heteroatoms. The van der Waals surface area contributed by atoms with Gasteiger partial charge in [-0.15, -0.1) is 0 Å². The summed E-state index contributed by atoms with van der Waals surface area (Å²) in [5.41, 5.74) is 4.45. The lowest BCUT2D eigenvalue weighted by Crippen LogP contribution is -2.24. The molecule has 0 spiro atoms. The second kappa shape index (κ2) is 7.77. The molecule has 0 aromatic heterocycles. The molecule has 0 aliphatic rings. The van der Waals surface area contributed by atoms with Gasteiger partial charge < -0.3 is 30.5 Å². The molecule has 0 aliphatic carbocycles. The Morgan fingerprint density at radius 2 is 1.38 bits per heavy atom. The van der Waals surface area contributed by atoms with Crippen LogP contribution in [0.25, 0.3) is 0 Å². The van der Waals surface area contributed by atoms with Crippen molar-refractivity contribution in [1.82, 2.24) is 0 Å². The molecule has 0 aromatic rings. The molecule has 0 aromatic carbocycles. The number of ether oxygens (including phenoxy) is 2. The molecule has 0 fully saturated rings. The first-order valence-electron chi connectivity index (χ1n) is 4.21. The van der Waals surface area contributed by atoms with Crippen LogP contribution in [0.3, 0.4) is 0 Å². The molecule has 0 saturated carbocycles. The summed E-state index contributed by atoms with van der Waals surface area (Å²) in [6.07, 6.45) is 0. The molecule has 8 nitrogen and oxygen atoms in total. The van der Waals surface area contributed by atoms with Gasteiger partial charge in [0.2, 0.25) is 0 Å². The van der Waals surface area contributed by atoms with Gasteiger partial charge in [-0.1, -0.05) is 0 Å². The van der Waals surface area contributed by atoms with E-state index in [4.69, 9.17) is 21.1 Å². The lowest BCUT2D eigenvalue weighted by molar-refractivity contribution is -0.150. The molecule has 5 N–H and O–H groups in total. The average Bonchev–Trinajstić information content (AvgIpc) is 2.25. The van der Waals surface area contributed by atoms with Gasteiger partial charge in [-0.05, 0) is 0 Å². The van der Waals surface area contributed by atoms with E-state index in [-0.39, 0.29) is 12.1 Å². The van der Waals surface area contributed by atoms with Gasteiger partial charge in [-0.3, -0.25) is 0 Å². The summed E-state index contributed by atoms with van der Waals surface area (Å²) >= 11 is 0. The van der Waals surface area contributed by atoms with E-state index in [2.05, 4.69) is 9.47 Å². The predicted octanol–water partition coefficient (Wildman–Crippen LogP) is -2.78. The molecular weight excluding hydrogens is 222 g/mol. The second-order valence-corrected chi connectivity index (χ2v) is 2.44. The minimum Gasteiger partial charge on any atom is -0.435 e. The highest BCUT2D eigenvalue weighted by Gasteiger charge is 2.21. The van der Waals surface area contributed by atoms with Crippen molar-refractivity contribution in [3.63, 3.8) is 0 Å². The minimum absolute atomic E-state index is 0.324. The first kappa shape index (κ1) is 14.5. The monoisotopic (exact) mass is 235 g/mol. The van der Waals surface area contributed by atoms with Crippen LogP contribution in [0.5, 0.6) is 0 Å². The van der Waals surface area contributed by atoms with Gasteiger partial charge >= 0.3 is 11.9 Å². The van der Waals surface area contributed by atoms with E-state index in [1.807, 2.05) is 0 Å². The van der Waals surface area contributed by atoms with Crippen LogP contribution in [0.2, 0.25) is 0 Å². The maximum Gasteiger partial charge on any atom is 0.339 e. The van der Waals surface area contributed by atoms with Crippen LogP contribution in [-0.2, 0) is 19.1 Å². The molecule has 0 radical (unpaired) electrons. The van der Waals surface area contributed by atoms with Gasteiger partial charge in [0.15, 0.2) is 13.6 Å². The van der Waals surface area contributed by atoms with Crippen molar-refractivity contribution in [3.05, 3.63) is 11.1 Å². The number of rotatable bonds is 6. The standard InChI is InChI=1S/C8H13NO7/c9-1-5(7(13)15-3-11)6(2-10)8(14)16-4-12/h10-12H,1-4,9H2. The lowest BCUT2D eigenvalue weighted by atomic mass is 10.1. The highest BCUT2D eigenvalue weighted by atomic mass is 16.6. The van der Waals surface area contributed by atoms with Gasteiger partial charge in [0.25, 0.3) is 0 Å². The van der Waals surface area contributed by atoms with Crippen molar-refractivity contribution in [2.45, 2.75) is 0 Å². The van der Waals surface area contributed by atoms with E-state index in [0.29, 0.717) is 0 Å². The Bertz CT molecular complexity index is 258. The number of carbonyl (C=O) groups is 2. The third-order valence-electron chi connectivity index (χ3n) is 1.61. The molecule has 0 unspecified atom stereocenters. The summed E-state index contributed by atoms with van der Waals surface area (Å²) in [7, 11) is 0. The Morgan fingerprint density at radius 1 is 0.938 bits per heavy atom. The van der Waals surface area contributed by atoms with Crippen LogP contribution in [0.4, 0.5) is 0 Å². The van der Waals surface area contributed by atoms with Crippen molar-refractivity contribution in [1.29, 1.82) is 0 Å². The third-order valence-corrected chi connectivity index (χ3v) is 1.61. The fourth-order valence-corrected chi connectivity index (χ4v) is 0.904. The number of nitrogens with two attached hydrogens (primary N) is 1. The number of hydrogen-bond acceptors (Lipinski definition) is 8. The maximum atomic E-state index is 11.2. The molecule has 0 saturated heterocycles. The van der Waals surface area contributed by atoms with Gasteiger partial charge in [-0.2, -0.15) is 0 Å². The lowest BCUT2D eigenvalue weighted by Gasteiger charge is -2.09. The molecule has 0 rings (SSSR count). The van der Waals surface area contributed by atoms with E-state index >= 15 is 0 Å². The number of aliphatic hydroxyl groups excluding tert-OH is 3. The molecule has 92 valence electrons. The average molecular weight is 235 g/mol. The van der Waals surface area contributed by atoms with Gasteiger partial charge in [0.05, 0.1) is 17.8 Å². The molecule has 0 bridgehead atoms. The number of aliphatic hydroxyl groups is 3. The zero-order chi connectivity index (χ0) is 12.6. The third kappa shape index (κ3) is 3.95. The molecule has 16 heavy (non-hydrogen) atoms. The van der Waals surface area contributed by atoms with E-state index in [9.17, 15) is 9.59 Å². The Balaban J connectivity index is 5.04. The zero-order valence-electron chi connectivity index (χ0n) is 8.38. The molecule has 0 aliphatic heterocycles. The van der Waals surface area contributed by atoms with Crippen LogP contribution in [0.15, 0.2) is 11.1 Å². The fourth-order valence-electron chi connectivity index (χ4n) is 0.904. The number of esters is 2. The second-order valence-electron chi connectivity index (χ2n) is 2.44. The first-order valence-corrected chi connectivity index (χ1v) is 4.21. The largest absolute Gasteiger partial charge is 0.435 e. The Kier molecular flexibility index (Phi) is 7.05. The normalized spacial score (nSPS) is 11.8. The fraction of sp³-hybridized carbons (Fsp3) is 0.500.